The Hall–Kier alpha value is -2.09. The molecule has 8 heteroatoms. The Morgan fingerprint density at radius 2 is 1.81 bits per heavy atom. The third kappa shape index (κ3) is 2.99. The van der Waals surface area contributed by atoms with Gasteiger partial charge in [0.05, 0.1) is 11.8 Å². The number of carbonyl (C=O) groups excluding carboxylic acids is 3. The summed E-state index contributed by atoms with van der Waals surface area (Å²) in [4.78, 5) is 40.2. The number of hydrogen-bond donors (Lipinski definition) is 1. The van der Waals surface area contributed by atoms with Crippen LogP contribution in [0, 0.1) is 23.7 Å². The summed E-state index contributed by atoms with van der Waals surface area (Å²) in [7, 11) is 0. The van der Waals surface area contributed by atoms with E-state index in [1.54, 1.807) is 0 Å². The van der Waals surface area contributed by atoms with Crippen LogP contribution >= 0.6 is 11.3 Å². The molecule has 2 heterocycles. The second-order valence-corrected chi connectivity index (χ2v) is 8.61. The summed E-state index contributed by atoms with van der Waals surface area (Å²) in [5.41, 5.74) is 0. The molecule has 5 atom stereocenters. The average Bonchev–Trinajstić information content (AvgIpc) is 3.22. The number of nitrogens with one attached hydrogen (secondary N) is 1. The van der Waals surface area contributed by atoms with Crippen LogP contribution in [-0.4, -0.2) is 38.9 Å². The molecule has 1 saturated carbocycles. The zero-order chi connectivity index (χ0) is 19.1. The zero-order valence-electron chi connectivity index (χ0n) is 15.6. The van der Waals surface area contributed by atoms with Crippen molar-refractivity contribution < 1.29 is 14.4 Å². The number of aryl methyl sites for hydroxylation is 1. The minimum Gasteiger partial charge on any atom is -0.299 e. The Balaban J connectivity index is 1.52. The topological polar surface area (TPSA) is 92.3 Å². The van der Waals surface area contributed by atoms with Gasteiger partial charge in [-0.3, -0.25) is 24.6 Å². The number of aromatic nitrogens is 2. The Labute approximate surface area is 162 Å². The predicted molar refractivity (Wildman–Crippen MR) is 101 cm³/mol. The molecule has 0 unspecified atom stereocenters. The Morgan fingerprint density at radius 3 is 2.33 bits per heavy atom. The Morgan fingerprint density at radius 1 is 1.19 bits per heavy atom. The molecule has 2 bridgehead atoms. The maximum absolute atomic E-state index is 13.1. The number of rotatable bonds is 6. The van der Waals surface area contributed by atoms with E-state index in [0.29, 0.717) is 11.6 Å². The minimum atomic E-state index is -0.798. The molecular weight excluding hydrogens is 364 g/mol. The molecule has 0 spiro atoms. The molecule has 144 valence electrons. The number of fused-ring (bicyclic) bond motifs is 1. The number of hydrogen-bond acceptors (Lipinski definition) is 6. The largest absolute Gasteiger partial charge is 0.299 e. The van der Waals surface area contributed by atoms with Crippen LogP contribution < -0.4 is 5.32 Å². The summed E-state index contributed by atoms with van der Waals surface area (Å²) in [6.45, 7) is 3.88. The van der Waals surface area contributed by atoms with Crippen LogP contribution in [-0.2, 0) is 20.8 Å². The molecule has 1 aromatic rings. The van der Waals surface area contributed by atoms with Crippen LogP contribution in [0.3, 0.4) is 0 Å². The first kappa shape index (κ1) is 18.3. The Bertz CT molecular complexity index is 773. The maximum Gasteiger partial charge on any atom is 0.249 e. The van der Waals surface area contributed by atoms with Crippen LogP contribution in [0.5, 0.6) is 0 Å². The predicted octanol–water partition coefficient (Wildman–Crippen LogP) is 2.40. The maximum atomic E-state index is 13.1. The highest BCUT2D eigenvalue weighted by atomic mass is 32.1. The van der Waals surface area contributed by atoms with Crippen molar-refractivity contribution >= 4 is 34.2 Å². The van der Waals surface area contributed by atoms with E-state index in [-0.39, 0.29) is 41.4 Å². The van der Waals surface area contributed by atoms with E-state index in [1.165, 1.54) is 16.2 Å². The molecule has 2 fully saturated rings. The molecule has 0 aromatic carbocycles. The van der Waals surface area contributed by atoms with E-state index in [1.807, 2.05) is 6.92 Å². The molecule has 3 amide bonds. The second kappa shape index (κ2) is 7.14. The summed E-state index contributed by atoms with van der Waals surface area (Å²) in [6.07, 6.45) is 8.21. The number of likely N-dealkylation sites (tertiary alicyclic amines) is 1. The highest BCUT2D eigenvalue weighted by Crippen LogP contribution is 2.50. The molecule has 0 radical (unpaired) electrons. The smallest absolute Gasteiger partial charge is 0.249 e. The number of nitrogens with zero attached hydrogens (tertiary/aromatic N) is 3. The van der Waals surface area contributed by atoms with Crippen LogP contribution in [0.4, 0.5) is 5.13 Å². The van der Waals surface area contributed by atoms with Crippen molar-refractivity contribution in [2.24, 2.45) is 23.7 Å². The van der Waals surface area contributed by atoms with Crippen LogP contribution in [0.1, 0.15) is 44.5 Å². The van der Waals surface area contributed by atoms with Gasteiger partial charge in [0.2, 0.25) is 22.9 Å². The van der Waals surface area contributed by atoms with E-state index in [4.69, 9.17) is 0 Å². The molecule has 4 aliphatic rings. The number of allylic oxidation sites excluding steroid dienone is 2. The van der Waals surface area contributed by atoms with Crippen LogP contribution in [0.2, 0.25) is 0 Å². The van der Waals surface area contributed by atoms with Gasteiger partial charge in [-0.25, -0.2) is 0 Å². The van der Waals surface area contributed by atoms with E-state index in [2.05, 4.69) is 34.6 Å². The number of carbonyl (C=O) groups is 3. The SMILES string of the molecule is CCCc1nnc(NC(=O)[C@@H](CC)N2C(=O)[C@@H]3[C@H](C2=O)[C@H]2C=C[C@H]3CC2)s1. The first-order valence-corrected chi connectivity index (χ1v) is 10.5. The summed E-state index contributed by atoms with van der Waals surface area (Å²) in [5, 5.41) is 12.1. The van der Waals surface area contributed by atoms with Crippen molar-refractivity contribution in [1.29, 1.82) is 0 Å². The van der Waals surface area contributed by atoms with E-state index < -0.39 is 6.04 Å². The summed E-state index contributed by atoms with van der Waals surface area (Å²) < 4.78 is 0. The first-order valence-electron chi connectivity index (χ1n) is 9.73. The van der Waals surface area contributed by atoms with E-state index >= 15 is 0 Å². The molecule has 5 rings (SSSR count). The molecule has 1 aliphatic heterocycles. The van der Waals surface area contributed by atoms with Gasteiger partial charge in [-0.15, -0.1) is 10.2 Å². The first-order chi connectivity index (χ1) is 13.0. The Kier molecular flexibility index (Phi) is 4.84. The lowest BCUT2D eigenvalue weighted by molar-refractivity contribution is -0.146. The third-order valence-electron chi connectivity index (χ3n) is 5.96. The second-order valence-electron chi connectivity index (χ2n) is 7.55. The zero-order valence-corrected chi connectivity index (χ0v) is 16.4. The number of imide groups is 1. The fourth-order valence-corrected chi connectivity index (χ4v) is 5.54. The van der Waals surface area contributed by atoms with Crippen LogP contribution in [0.15, 0.2) is 12.2 Å². The minimum absolute atomic E-state index is 0.127. The van der Waals surface area contributed by atoms with E-state index in [0.717, 1.165) is 30.7 Å². The summed E-state index contributed by atoms with van der Waals surface area (Å²) in [6, 6.07) is -0.798. The van der Waals surface area contributed by atoms with E-state index in [9.17, 15) is 14.4 Å². The van der Waals surface area contributed by atoms with Gasteiger partial charge in [0.15, 0.2) is 0 Å². The molecule has 1 N–H and O–H groups in total. The molecule has 1 saturated heterocycles. The molecule has 1 aromatic heterocycles. The fourth-order valence-electron chi connectivity index (χ4n) is 4.70. The van der Waals surface area contributed by atoms with Crippen molar-refractivity contribution in [2.75, 3.05) is 5.32 Å². The molecular formula is C19H24N4O3S. The average molecular weight is 388 g/mol. The van der Waals surface area contributed by atoms with Gasteiger partial charge in [-0.05, 0) is 37.5 Å². The summed E-state index contributed by atoms with van der Waals surface area (Å²) in [5.74, 6) is -1.06. The normalized spacial score (nSPS) is 29.9. The highest BCUT2D eigenvalue weighted by Gasteiger charge is 2.58. The highest BCUT2D eigenvalue weighted by molar-refractivity contribution is 7.15. The lowest BCUT2D eigenvalue weighted by Gasteiger charge is -2.38. The quantitative estimate of drug-likeness (QED) is 0.597. The number of amides is 3. The molecule has 27 heavy (non-hydrogen) atoms. The lowest BCUT2D eigenvalue weighted by Crippen LogP contribution is -2.47. The van der Waals surface area contributed by atoms with Gasteiger partial charge in [0.1, 0.15) is 11.0 Å². The van der Waals surface area contributed by atoms with Gasteiger partial charge in [0.25, 0.3) is 0 Å². The van der Waals surface area contributed by atoms with Gasteiger partial charge in [-0.1, -0.05) is 37.3 Å². The van der Waals surface area contributed by atoms with Crippen molar-refractivity contribution in [3.63, 3.8) is 0 Å². The van der Waals surface area contributed by atoms with Gasteiger partial charge < -0.3 is 0 Å². The lowest BCUT2D eigenvalue weighted by atomic mass is 9.63. The van der Waals surface area contributed by atoms with Crippen molar-refractivity contribution in [3.8, 4) is 0 Å². The summed E-state index contributed by atoms with van der Waals surface area (Å²) >= 11 is 1.34. The van der Waals surface area contributed by atoms with Crippen molar-refractivity contribution in [3.05, 3.63) is 17.2 Å². The third-order valence-corrected chi connectivity index (χ3v) is 6.85. The molecule has 3 aliphatic carbocycles. The molecule has 7 nitrogen and oxygen atoms in total. The number of anilines is 1. The fraction of sp³-hybridized carbons (Fsp3) is 0.632. The van der Waals surface area contributed by atoms with Gasteiger partial charge in [-0.2, -0.15) is 0 Å². The van der Waals surface area contributed by atoms with Crippen LogP contribution in [0.25, 0.3) is 0 Å². The van der Waals surface area contributed by atoms with Crippen molar-refractivity contribution in [1.82, 2.24) is 15.1 Å². The monoisotopic (exact) mass is 388 g/mol. The standard InChI is InChI=1S/C19H24N4O3S/c1-3-5-13-21-22-19(27-13)20-16(24)12(4-2)23-17(25)14-10-6-7-11(9-8-10)15(14)18(23)26/h6-7,10-12,14-15H,3-5,8-9H2,1-2H3,(H,20,22,24)/t10-,11-,12+,14-,15+/m0/s1. The van der Waals surface area contributed by atoms with Gasteiger partial charge in [0, 0.05) is 6.42 Å². The van der Waals surface area contributed by atoms with Crippen molar-refractivity contribution in [2.45, 2.75) is 52.0 Å². The van der Waals surface area contributed by atoms with Gasteiger partial charge >= 0.3 is 0 Å².